The number of nitrogens with two attached hydrogens (primary N) is 1. The van der Waals surface area contributed by atoms with E-state index >= 15 is 0 Å². The summed E-state index contributed by atoms with van der Waals surface area (Å²) in [5.74, 6) is -0.611. The number of hydrogen-bond donors (Lipinski definition) is 1. The zero-order valence-corrected chi connectivity index (χ0v) is 9.98. The van der Waals surface area contributed by atoms with E-state index in [1.54, 1.807) is 31.2 Å². The fourth-order valence-corrected chi connectivity index (χ4v) is 1.63. The highest BCUT2D eigenvalue weighted by Gasteiger charge is 2.11. The van der Waals surface area contributed by atoms with Crippen molar-refractivity contribution in [3.05, 3.63) is 64.7 Å². The molecule has 0 aliphatic carbocycles. The van der Waals surface area contributed by atoms with Crippen molar-refractivity contribution >= 4 is 5.78 Å². The van der Waals surface area contributed by atoms with E-state index < -0.39 is 0 Å². The average Bonchev–Trinajstić information content (AvgIpc) is 2.41. The molecule has 1 heterocycles. The number of halogens is 1. The Balaban J connectivity index is 2.38. The van der Waals surface area contributed by atoms with Gasteiger partial charge in [0.25, 0.3) is 0 Å². The number of carbonyl (C=O) groups is 1. The Morgan fingerprint density at radius 1 is 1.28 bits per heavy atom. The predicted molar refractivity (Wildman–Crippen MR) is 66.7 cm³/mol. The molecular formula is C14H13FN2O. The van der Waals surface area contributed by atoms with Crippen LogP contribution < -0.4 is 5.73 Å². The molecule has 0 saturated heterocycles. The van der Waals surface area contributed by atoms with Gasteiger partial charge in [0.15, 0.2) is 5.78 Å². The van der Waals surface area contributed by atoms with E-state index in [0.717, 1.165) is 0 Å². The summed E-state index contributed by atoms with van der Waals surface area (Å²) in [6.45, 7) is 1.92. The molecule has 0 amide bonds. The second-order valence-electron chi connectivity index (χ2n) is 4.03. The minimum Gasteiger partial charge on any atom is -0.325 e. The summed E-state index contributed by atoms with van der Waals surface area (Å²) in [7, 11) is 0. The number of benzene rings is 1. The molecule has 18 heavy (non-hydrogen) atoms. The number of aromatic nitrogens is 1. The Morgan fingerprint density at radius 2 is 2.00 bits per heavy atom. The molecule has 2 rings (SSSR count). The van der Waals surface area contributed by atoms with Crippen LogP contribution in [-0.4, -0.2) is 10.8 Å². The minimum absolute atomic E-state index is 0.231. The van der Waals surface area contributed by atoms with Crippen LogP contribution in [0.4, 0.5) is 4.39 Å². The summed E-state index contributed by atoms with van der Waals surface area (Å²) in [6.07, 6.45) is 1.53. The first kappa shape index (κ1) is 12.4. The summed E-state index contributed by atoms with van der Waals surface area (Å²) < 4.78 is 13.4. The SMILES string of the molecule is Cc1ccc(C(=O)c2ccnc(CN)c2)cc1F. The lowest BCUT2D eigenvalue weighted by Crippen LogP contribution is -2.06. The normalized spacial score (nSPS) is 10.4. The van der Waals surface area contributed by atoms with Crippen molar-refractivity contribution in [3.63, 3.8) is 0 Å². The topological polar surface area (TPSA) is 56.0 Å². The first-order valence-corrected chi connectivity index (χ1v) is 5.57. The van der Waals surface area contributed by atoms with Crippen LogP contribution in [-0.2, 0) is 6.54 Å². The van der Waals surface area contributed by atoms with E-state index in [1.165, 1.54) is 12.3 Å². The van der Waals surface area contributed by atoms with Crippen LogP contribution in [0.3, 0.4) is 0 Å². The third kappa shape index (κ3) is 2.43. The molecular weight excluding hydrogens is 231 g/mol. The molecule has 0 spiro atoms. The van der Waals surface area contributed by atoms with Crippen LogP contribution in [0, 0.1) is 12.7 Å². The lowest BCUT2D eigenvalue weighted by atomic mass is 10.0. The number of rotatable bonds is 3. The quantitative estimate of drug-likeness (QED) is 0.842. The first-order chi connectivity index (χ1) is 8.61. The zero-order chi connectivity index (χ0) is 13.1. The van der Waals surface area contributed by atoms with Crippen molar-refractivity contribution in [2.45, 2.75) is 13.5 Å². The van der Waals surface area contributed by atoms with E-state index in [2.05, 4.69) is 4.98 Å². The van der Waals surface area contributed by atoms with Crippen molar-refractivity contribution in [2.24, 2.45) is 5.73 Å². The van der Waals surface area contributed by atoms with E-state index in [9.17, 15) is 9.18 Å². The van der Waals surface area contributed by atoms with Gasteiger partial charge in [-0.3, -0.25) is 9.78 Å². The highest BCUT2D eigenvalue weighted by molar-refractivity contribution is 6.09. The largest absolute Gasteiger partial charge is 0.325 e. The maximum absolute atomic E-state index is 13.4. The molecule has 3 nitrogen and oxygen atoms in total. The van der Waals surface area contributed by atoms with Crippen LogP contribution in [0.25, 0.3) is 0 Å². The third-order valence-corrected chi connectivity index (χ3v) is 2.72. The van der Waals surface area contributed by atoms with Crippen molar-refractivity contribution in [3.8, 4) is 0 Å². The monoisotopic (exact) mass is 244 g/mol. The number of hydrogen-bond acceptors (Lipinski definition) is 3. The van der Waals surface area contributed by atoms with E-state index in [1.807, 2.05) is 0 Å². The highest BCUT2D eigenvalue weighted by Crippen LogP contribution is 2.14. The summed E-state index contributed by atoms with van der Waals surface area (Å²) in [5.41, 5.74) is 7.41. The van der Waals surface area contributed by atoms with Gasteiger partial charge in [-0.25, -0.2) is 4.39 Å². The van der Waals surface area contributed by atoms with Gasteiger partial charge in [-0.1, -0.05) is 12.1 Å². The number of pyridine rings is 1. The molecule has 0 atom stereocenters. The molecule has 0 saturated carbocycles. The van der Waals surface area contributed by atoms with Gasteiger partial charge in [-0.2, -0.15) is 0 Å². The van der Waals surface area contributed by atoms with E-state index in [4.69, 9.17) is 5.73 Å². The molecule has 0 unspecified atom stereocenters. The molecule has 2 N–H and O–H groups in total. The summed E-state index contributed by atoms with van der Waals surface area (Å²) in [6, 6.07) is 7.68. The Hall–Kier alpha value is -2.07. The summed E-state index contributed by atoms with van der Waals surface area (Å²) >= 11 is 0. The highest BCUT2D eigenvalue weighted by atomic mass is 19.1. The van der Waals surface area contributed by atoms with Crippen LogP contribution in [0.15, 0.2) is 36.5 Å². The lowest BCUT2D eigenvalue weighted by Gasteiger charge is -2.04. The molecule has 0 bridgehead atoms. The minimum atomic E-state index is -0.381. The molecule has 0 fully saturated rings. The van der Waals surface area contributed by atoms with Crippen molar-refractivity contribution in [1.82, 2.24) is 4.98 Å². The van der Waals surface area contributed by atoms with E-state index in [-0.39, 0.29) is 18.1 Å². The Labute approximate surface area is 104 Å². The summed E-state index contributed by atoms with van der Waals surface area (Å²) in [4.78, 5) is 16.2. The fraction of sp³-hybridized carbons (Fsp3) is 0.143. The van der Waals surface area contributed by atoms with Crippen LogP contribution in [0.5, 0.6) is 0 Å². The van der Waals surface area contributed by atoms with Crippen molar-refractivity contribution in [1.29, 1.82) is 0 Å². The maximum Gasteiger partial charge on any atom is 0.193 e. The van der Waals surface area contributed by atoms with Gasteiger partial charge in [0.05, 0.1) is 5.69 Å². The molecule has 1 aromatic carbocycles. The lowest BCUT2D eigenvalue weighted by molar-refractivity contribution is 0.103. The number of ketones is 1. The Kier molecular flexibility index (Phi) is 3.48. The third-order valence-electron chi connectivity index (χ3n) is 2.72. The van der Waals surface area contributed by atoms with Crippen molar-refractivity contribution < 1.29 is 9.18 Å². The number of nitrogens with zero attached hydrogens (tertiary/aromatic N) is 1. The van der Waals surface area contributed by atoms with Crippen LogP contribution in [0.2, 0.25) is 0 Å². The Bertz CT molecular complexity index is 596. The standard InChI is InChI=1S/C14H13FN2O/c1-9-2-3-10(7-13(9)15)14(18)11-4-5-17-12(6-11)8-16/h2-7H,8,16H2,1H3. The van der Waals surface area contributed by atoms with Gasteiger partial charge in [-0.15, -0.1) is 0 Å². The van der Waals surface area contributed by atoms with Crippen LogP contribution >= 0.6 is 0 Å². The van der Waals surface area contributed by atoms with Crippen molar-refractivity contribution in [2.75, 3.05) is 0 Å². The second kappa shape index (κ2) is 5.06. The average molecular weight is 244 g/mol. The molecule has 4 heteroatoms. The zero-order valence-electron chi connectivity index (χ0n) is 9.98. The van der Waals surface area contributed by atoms with Gasteiger partial charge in [0.1, 0.15) is 5.82 Å². The molecule has 0 aliphatic rings. The number of carbonyl (C=O) groups excluding carboxylic acids is 1. The Morgan fingerprint density at radius 3 is 2.67 bits per heavy atom. The fourth-order valence-electron chi connectivity index (χ4n) is 1.63. The van der Waals surface area contributed by atoms with Gasteiger partial charge in [0.2, 0.25) is 0 Å². The molecule has 2 aromatic rings. The molecule has 92 valence electrons. The van der Waals surface area contributed by atoms with Gasteiger partial charge >= 0.3 is 0 Å². The predicted octanol–water partition coefficient (Wildman–Crippen LogP) is 2.22. The first-order valence-electron chi connectivity index (χ1n) is 5.57. The van der Waals surface area contributed by atoms with Crippen LogP contribution in [0.1, 0.15) is 27.2 Å². The number of aryl methyl sites for hydroxylation is 1. The summed E-state index contributed by atoms with van der Waals surface area (Å²) in [5, 5.41) is 0. The van der Waals surface area contributed by atoms with Gasteiger partial charge < -0.3 is 5.73 Å². The maximum atomic E-state index is 13.4. The molecule has 1 aromatic heterocycles. The van der Waals surface area contributed by atoms with Gasteiger partial charge in [0, 0.05) is 23.9 Å². The smallest absolute Gasteiger partial charge is 0.193 e. The van der Waals surface area contributed by atoms with E-state index in [0.29, 0.717) is 22.4 Å². The molecule has 0 aliphatic heterocycles. The van der Waals surface area contributed by atoms with Gasteiger partial charge in [-0.05, 0) is 30.7 Å². The molecule has 0 radical (unpaired) electrons. The second-order valence-corrected chi connectivity index (χ2v) is 4.03.